The highest BCUT2D eigenvalue weighted by Crippen LogP contribution is 2.29. The highest BCUT2D eigenvalue weighted by molar-refractivity contribution is 7.89. The highest BCUT2D eigenvalue weighted by atomic mass is 32.2. The van der Waals surface area contributed by atoms with E-state index in [9.17, 15) is 18.0 Å². The lowest BCUT2D eigenvalue weighted by atomic mass is 9.91. The van der Waals surface area contributed by atoms with Crippen LogP contribution in [0.1, 0.15) is 35.1 Å². The largest absolute Gasteiger partial charge is 0.425 e. The summed E-state index contributed by atoms with van der Waals surface area (Å²) in [6.07, 6.45) is 5.27. The van der Waals surface area contributed by atoms with Crippen LogP contribution in [0.25, 0.3) is 21.9 Å². The van der Waals surface area contributed by atoms with E-state index in [2.05, 4.69) is 9.71 Å². The molecule has 9 heteroatoms. The van der Waals surface area contributed by atoms with Gasteiger partial charge in [0.2, 0.25) is 10.0 Å². The molecular formula is C31H28N2O6S. The molecule has 5 aromatic rings. The maximum absolute atomic E-state index is 13.5. The number of carbonyl (C=O) groups excluding carboxylic acids is 1. The van der Waals surface area contributed by atoms with Gasteiger partial charge in [-0.05, 0) is 74.1 Å². The van der Waals surface area contributed by atoms with Crippen LogP contribution in [0.4, 0.5) is 0 Å². The third-order valence-corrected chi connectivity index (χ3v) is 8.91. The molecule has 8 nitrogen and oxygen atoms in total. The summed E-state index contributed by atoms with van der Waals surface area (Å²) in [7, 11) is -4.04. The number of aromatic amines is 1. The number of nitrogens with one attached hydrogen (secondary N) is 2. The molecule has 0 amide bonds. The number of rotatable bonds is 7. The van der Waals surface area contributed by atoms with E-state index >= 15 is 0 Å². The minimum Gasteiger partial charge on any atom is -0.425 e. The molecule has 2 aromatic heterocycles. The first-order chi connectivity index (χ1) is 19.3. The van der Waals surface area contributed by atoms with Crippen molar-refractivity contribution in [2.75, 3.05) is 0 Å². The molecule has 2 N–H and O–H groups in total. The van der Waals surface area contributed by atoms with Crippen LogP contribution < -0.4 is 15.1 Å². The van der Waals surface area contributed by atoms with Gasteiger partial charge in [-0.3, -0.25) is 0 Å². The first kappa shape index (κ1) is 26.0. The van der Waals surface area contributed by atoms with Crippen LogP contribution in [0.15, 0.2) is 87.0 Å². The lowest BCUT2D eigenvalue weighted by Gasteiger charge is -2.19. The second-order valence-corrected chi connectivity index (χ2v) is 11.9. The molecule has 0 saturated heterocycles. The molecule has 204 valence electrons. The quantitative estimate of drug-likeness (QED) is 0.166. The van der Waals surface area contributed by atoms with Gasteiger partial charge in [0.25, 0.3) is 0 Å². The van der Waals surface area contributed by atoms with Crippen LogP contribution >= 0.6 is 0 Å². The lowest BCUT2D eigenvalue weighted by molar-refractivity contribution is -0.136. The van der Waals surface area contributed by atoms with Crippen molar-refractivity contribution < 1.29 is 22.4 Å². The predicted octanol–water partition coefficient (Wildman–Crippen LogP) is 4.96. The van der Waals surface area contributed by atoms with E-state index in [1.165, 1.54) is 18.2 Å². The van der Waals surface area contributed by atoms with Gasteiger partial charge >= 0.3 is 11.6 Å². The number of aromatic nitrogens is 1. The fourth-order valence-corrected chi connectivity index (χ4v) is 6.53. The highest BCUT2D eigenvalue weighted by Gasteiger charge is 2.29. The maximum atomic E-state index is 13.5. The van der Waals surface area contributed by atoms with Crippen LogP contribution in [-0.4, -0.2) is 25.4 Å². The Morgan fingerprint density at radius 1 is 1.00 bits per heavy atom. The van der Waals surface area contributed by atoms with Crippen molar-refractivity contribution in [1.29, 1.82) is 0 Å². The molecule has 3 aromatic carbocycles. The fourth-order valence-electron chi connectivity index (χ4n) is 5.34. The summed E-state index contributed by atoms with van der Waals surface area (Å²) >= 11 is 0. The second-order valence-electron chi connectivity index (χ2n) is 10.2. The number of fused-ring (bicyclic) bond motifs is 4. The maximum Gasteiger partial charge on any atom is 0.339 e. The Morgan fingerprint density at radius 3 is 2.55 bits per heavy atom. The topological polar surface area (TPSA) is 118 Å². The monoisotopic (exact) mass is 556 g/mol. The van der Waals surface area contributed by atoms with Gasteiger partial charge in [0, 0.05) is 40.5 Å². The predicted molar refractivity (Wildman–Crippen MR) is 152 cm³/mol. The number of hydrogen-bond acceptors (Lipinski definition) is 6. The molecule has 0 bridgehead atoms. The Hall–Kier alpha value is -4.21. The van der Waals surface area contributed by atoms with Gasteiger partial charge in [0.05, 0.1) is 4.90 Å². The molecule has 6 rings (SSSR count). The second kappa shape index (κ2) is 10.4. The van der Waals surface area contributed by atoms with Crippen molar-refractivity contribution in [3.8, 4) is 5.75 Å². The standard InChI is InChI=1S/C31H28N2O6S/c1-19-10-13-22(14-11-19)40(36,37)33-28(16-20-18-32-27-9-5-4-6-23(20)27)31(35)38-21-12-15-25-24-7-2-3-8-26(24)30(34)39-29(25)17-21/h4-6,9-15,17-18,28,32-33H,2-3,7-8,16H2,1H3/t28-/m0/s1. The zero-order chi connectivity index (χ0) is 27.9. The average Bonchev–Trinajstić information content (AvgIpc) is 3.35. The summed E-state index contributed by atoms with van der Waals surface area (Å²) < 4.78 is 40.4. The fraction of sp³-hybridized carbons (Fsp3) is 0.226. The number of hydrogen-bond donors (Lipinski definition) is 2. The Balaban J connectivity index is 1.32. The van der Waals surface area contributed by atoms with Crippen molar-refractivity contribution in [2.24, 2.45) is 0 Å². The molecular weight excluding hydrogens is 528 g/mol. The molecule has 1 atom stereocenters. The van der Waals surface area contributed by atoms with Gasteiger partial charge < -0.3 is 14.1 Å². The van der Waals surface area contributed by atoms with Crippen LogP contribution in [-0.2, 0) is 34.1 Å². The first-order valence-corrected chi connectivity index (χ1v) is 14.7. The molecule has 2 heterocycles. The van der Waals surface area contributed by atoms with E-state index in [0.717, 1.165) is 52.2 Å². The number of aryl methyl sites for hydroxylation is 2. The van der Waals surface area contributed by atoms with E-state index in [1.807, 2.05) is 31.2 Å². The number of sulfonamides is 1. The molecule has 0 radical (unpaired) electrons. The number of esters is 1. The molecule has 1 aliphatic rings. The van der Waals surface area contributed by atoms with Gasteiger partial charge in [-0.2, -0.15) is 4.72 Å². The molecule has 40 heavy (non-hydrogen) atoms. The molecule has 1 aliphatic carbocycles. The van der Waals surface area contributed by atoms with E-state index in [4.69, 9.17) is 9.15 Å². The Bertz CT molecular complexity index is 1900. The summed E-state index contributed by atoms with van der Waals surface area (Å²) in [6.45, 7) is 1.86. The SMILES string of the molecule is Cc1ccc(S(=O)(=O)N[C@@H](Cc2c[nH]c3ccccc23)C(=O)Oc2ccc3c4c(c(=O)oc3c2)CCCC4)cc1. The van der Waals surface area contributed by atoms with Crippen LogP contribution in [0, 0.1) is 6.92 Å². The summed E-state index contributed by atoms with van der Waals surface area (Å²) in [5.41, 5.74) is 4.22. The summed E-state index contributed by atoms with van der Waals surface area (Å²) in [4.78, 5) is 29.3. The van der Waals surface area contributed by atoms with Crippen molar-refractivity contribution in [2.45, 2.75) is 50.0 Å². The normalized spacial score (nSPS) is 14.2. The lowest BCUT2D eigenvalue weighted by Crippen LogP contribution is -2.44. The number of para-hydroxylation sites is 1. The molecule has 0 spiro atoms. The molecule has 0 aliphatic heterocycles. The van der Waals surface area contributed by atoms with Gasteiger partial charge in [0.15, 0.2) is 0 Å². The number of carbonyl (C=O) groups is 1. The van der Waals surface area contributed by atoms with Gasteiger partial charge in [-0.25, -0.2) is 18.0 Å². The van der Waals surface area contributed by atoms with Gasteiger partial charge in [-0.15, -0.1) is 0 Å². The Kier molecular flexibility index (Phi) is 6.77. The smallest absolute Gasteiger partial charge is 0.339 e. The summed E-state index contributed by atoms with van der Waals surface area (Å²) in [6, 6.07) is 17.7. The van der Waals surface area contributed by atoms with Crippen LogP contribution in [0.3, 0.4) is 0 Å². The van der Waals surface area contributed by atoms with E-state index in [0.29, 0.717) is 17.6 Å². The average molecular weight is 557 g/mol. The third kappa shape index (κ3) is 5.05. The van der Waals surface area contributed by atoms with Crippen LogP contribution in [0.5, 0.6) is 5.75 Å². The van der Waals surface area contributed by atoms with Crippen LogP contribution in [0.2, 0.25) is 0 Å². The molecule has 0 fully saturated rings. The number of benzene rings is 3. The Morgan fingerprint density at radius 2 is 1.75 bits per heavy atom. The van der Waals surface area contributed by atoms with Crippen molar-refractivity contribution in [1.82, 2.24) is 9.71 Å². The van der Waals surface area contributed by atoms with Gasteiger partial charge in [0.1, 0.15) is 17.4 Å². The number of ether oxygens (including phenoxy) is 1. The third-order valence-electron chi connectivity index (χ3n) is 7.43. The number of H-pyrrole nitrogens is 1. The zero-order valence-corrected chi connectivity index (χ0v) is 22.7. The Labute approximate surface area is 231 Å². The van der Waals surface area contributed by atoms with Crippen molar-refractivity contribution in [3.05, 3.63) is 106 Å². The molecule has 0 saturated carbocycles. The molecule has 0 unspecified atom stereocenters. The zero-order valence-electron chi connectivity index (χ0n) is 21.9. The minimum atomic E-state index is -4.04. The summed E-state index contributed by atoms with van der Waals surface area (Å²) in [5, 5.41) is 1.71. The first-order valence-electron chi connectivity index (χ1n) is 13.2. The minimum absolute atomic E-state index is 0.0482. The van der Waals surface area contributed by atoms with E-state index in [1.54, 1.807) is 30.5 Å². The van der Waals surface area contributed by atoms with Crippen molar-refractivity contribution >= 4 is 37.9 Å². The van der Waals surface area contributed by atoms with E-state index in [-0.39, 0.29) is 22.7 Å². The summed E-state index contributed by atoms with van der Waals surface area (Å²) in [5.74, 6) is -0.615. The van der Waals surface area contributed by atoms with E-state index < -0.39 is 22.0 Å². The van der Waals surface area contributed by atoms with Gasteiger partial charge in [-0.1, -0.05) is 35.9 Å². The van der Waals surface area contributed by atoms with Crippen molar-refractivity contribution in [3.63, 3.8) is 0 Å².